The number of hydrogen-bond donors (Lipinski definition) is 0. The average Bonchev–Trinajstić information content (AvgIpc) is 3.15. The number of piperazine rings is 1. The number of carbonyl (C=O) groups excluding carboxylic acids is 1. The number of hydrogen-bond acceptors (Lipinski definition) is 4. The van der Waals surface area contributed by atoms with Gasteiger partial charge in [0.25, 0.3) is 5.91 Å². The zero-order chi connectivity index (χ0) is 18.8. The van der Waals surface area contributed by atoms with E-state index in [-0.39, 0.29) is 28.1 Å². The van der Waals surface area contributed by atoms with E-state index in [4.69, 9.17) is 23.2 Å². The Morgan fingerprint density at radius 2 is 2.15 bits per heavy atom. The van der Waals surface area contributed by atoms with E-state index in [9.17, 15) is 9.18 Å². The molecule has 9 heteroatoms. The lowest BCUT2D eigenvalue weighted by Gasteiger charge is -2.37. The van der Waals surface area contributed by atoms with E-state index >= 15 is 0 Å². The van der Waals surface area contributed by atoms with Gasteiger partial charge >= 0.3 is 0 Å². The van der Waals surface area contributed by atoms with Gasteiger partial charge in [0.15, 0.2) is 5.82 Å². The first-order chi connectivity index (χ1) is 12.4. The molecule has 136 valence electrons. The lowest BCUT2D eigenvalue weighted by molar-refractivity contribution is 0.0728. The molecule has 1 aromatic heterocycles. The zero-order valence-electron chi connectivity index (χ0n) is 13.9. The number of rotatable bonds is 2. The highest BCUT2D eigenvalue weighted by Gasteiger charge is 2.29. The molecular weight excluding hydrogens is 398 g/mol. The molecule has 1 aromatic carbocycles. The molecule has 1 aliphatic rings. The fraction of sp³-hybridized carbons (Fsp3) is 0.235. The molecule has 1 fully saturated rings. The van der Waals surface area contributed by atoms with Crippen LogP contribution in [0.5, 0.6) is 0 Å². The van der Waals surface area contributed by atoms with Crippen LogP contribution in [0.4, 0.5) is 4.39 Å². The molecular formula is C17H15Cl2FN4OS. The van der Waals surface area contributed by atoms with E-state index in [2.05, 4.69) is 16.6 Å². The SMILES string of the molecule is C=C1CN(C(=O)c2ccc(Cl)c(F)c2Cl)CCN1C(=NC)c1cncs1. The summed E-state index contributed by atoms with van der Waals surface area (Å²) in [5.74, 6) is -0.387. The van der Waals surface area contributed by atoms with E-state index < -0.39 is 5.82 Å². The number of aromatic nitrogens is 1. The summed E-state index contributed by atoms with van der Waals surface area (Å²) in [5.41, 5.74) is 2.53. The van der Waals surface area contributed by atoms with Gasteiger partial charge in [-0.1, -0.05) is 29.8 Å². The monoisotopic (exact) mass is 412 g/mol. The fourth-order valence-corrected chi connectivity index (χ4v) is 3.86. The van der Waals surface area contributed by atoms with Crippen LogP contribution in [0.15, 0.2) is 41.1 Å². The second kappa shape index (κ2) is 7.73. The number of halogens is 3. The molecule has 26 heavy (non-hydrogen) atoms. The third kappa shape index (κ3) is 3.47. The van der Waals surface area contributed by atoms with Crippen molar-refractivity contribution in [3.05, 3.63) is 62.4 Å². The molecule has 0 radical (unpaired) electrons. The topological polar surface area (TPSA) is 48.8 Å². The van der Waals surface area contributed by atoms with Crippen molar-refractivity contribution in [3.63, 3.8) is 0 Å². The first kappa shape index (κ1) is 18.8. The highest BCUT2D eigenvalue weighted by molar-refractivity contribution is 7.11. The maximum Gasteiger partial charge on any atom is 0.255 e. The second-order valence-corrected chi connectivity index (χ2v) is 7.25. The largest absolute Gasteiger partial charge is 0.331 e. The number of benzene rings is 1. The number of amides is 1. The Labute approximate surface area is 164 Å². The van der Waals surface area contributed by atoms with Crippen LogP contribution in [0.25, 0.3) is 0 Å². The van der Waals surface area contributed by atoms with E-state index in [1.165, 1.54) is 23.5 Å². The summed E-state index contributed by atoms with van der Waals surface area (Å²) in [4.78, 5) is 25.6. The van der Waals surface area contributed by atoms with Gasteiger partial charge in [0, 0.05) is 32.0 Å². The third-order valence-corrected chi connectivity index (χ3v) is 5.45. The van der Waals surface area contributed by atoms with E-state index in [0.717, 1.165) is 10.7 Å². The Balaban J connectivity index is 1.78. The summed E-state index contributed by atoms with van der Waals surface area (Å²) < 4.78 is 13.9. The first-order valence-corrected chi connectivity index (χ1v) is 9.31. The van der Waals surface area contributed by atoms with Gasteiger partial charge in [-0.3, -0.25) is 14.8 Å². The lowest BCUT2D eigenvalue weighted by Crippen LogP contribution is -2.49. The number of thiazole rings is 1. The minimum Gasteiger partial charge on any atom is -0.331 e. The van der Waals surface area contributed by atoms with Crippen LogP contribution in [0.3, 0.4) is 0 Å². The van der Waals surface area contributed by atoms with Gasteiger partial charge in [-0.25, -0.2) is 4.39 Å². The predicted molar refractivity (Wildman–Crippen MR) is 103 cm³/mol. The Morgan fingerprint density at radius 1 is 1.38 bits per heavy atom. The van der Waals surface area contributed by atoms with Gasteiger partial charge in [0.1, 0.15) is 5.84 Å². The van der Waals surface area contributed by atoms with Crippen LogP contribution < -0.4 is 0 Å². The molecule has 0 saturated carbocycles. The van der Waals surface area contributed by atoms with Crippen LogP contribution in [-0.4, -0.2) is 53.2 Å². The van der Waals surface area contributed by atoms with Crippen molar-refractivity contribution in [2.24, 2.45) is 4.99 Å². The van der Waals surface area contributed by atoms with Crippen molar-refractivity contribution in [1.82, 2.24) is 14.8 Å². The van der Waals surface area contributed by atoms with Crippen molar-refractivity contribution in [2.75, 3.05) is 26.7 Å². The molecule has 0 N–H and O–H groups in total. The van der Waals surface area contributed by atoms with Crippen molar-refractivity contribution >= 4 is 46.3 Å². The predicted octanol–water partition coefficient (Wildman–Crippen LogP) is 3.94. The van der Waals surface area contributed by atoms with E-state index in [0.29, 0.717) is 18.8 Å². The van der Waals surface area contributed by atoms with Crippen molar-refractivity contribution in [1.29, 1.82) is 0 Å². The Kier molecular flexibility index (Phi) is 5.60. The molecule has 0 unspecified atom stereocenters. The minimum atomic E-state index is -0.790. The second-order valence-electron chi connectivity index (χ2n) is 5.58. The first-order valence-electron chi connectivity index (χ1n) is 7.67. The molecule has 1 saturated heterocycles. The fourth-order valence-electron chi connectivity index (χ4n) is 2.74. The van der Waals surface area contributed by atoms with Crippen molar-refractivity contribution < 1.29 is 9.18 Å². The summed E-state index contributed by atoms with van der Waals surface area (Å²) in [6, 6.07) is 2.76. The summed E-state index contributed by atoms with van der Waals surface area (Å²) in [5, 5.41) is -0.384. The maximum absolute atomic E-state index is 13.9. The van der Waals surface area contributed by atoms with Crippen LogP contribution in [0.1, 0.15) is 15.2 Å². The molecule has 0 bridgehead atoms. The van der Waals surface area contributed by atoms with Gasteiger partial charge < -0.3 is 9.80 Å². The van der Waals surface area contributed by atoms with Crippen LogP contribution in [0, 0.1) is 5.82 Å². The molecule has 2 heterocycles. The van der Waals surface area contributed by atoms with Crippen LogP contribution in [0.2, 0.25) is 10.0 Å². The Hall–Kier alpha value is -1.96. The van der Waals surface area contributed by atoms with Crippen LogP contribution in [-0.2, 0) is 0 Å². The minimum absolute atomic E-state index is 0.0849. The summed E-state index contributed by atoms with van der Waals surface area (Å²) in [6.07, 6.45) is 1.74. The van der Waals surface area contributed by atoms with Gasteiger partial charge in [-0.2, -0.15) is 0 Å². The van der Waals surface area contributed by atoms with Crippen molar-refractivity contribution in [3.8, 4) is 0 Å². The summed E-state index contributed by atoms with van der Waals surface area (Å²) in [6.45, 7) is 5.29. The summed E-state index contributed by atoms with van der Waals surface area (Å²) in [7, 11) is 1.70. The van der Waals surface area contributed by atoms with Crippen molar-refractivity contribution in [2.45, 2.75) is 0 Å². The van der Waals surface area contributed by atoms with E-state index in [1.807, 2.05) is 4.90 Å². The van der Waals surface area contributed by atoms with Crippen LogP contribution >= 0.6 is 34.5 Å². The highest BCUT2D eigenvalue weighted by atomic mass is 35.5. The molecule has 1 amide bonds. The third-order valence-electron chi connectivity index (χ3n) is 4.02. The van der Waals surface area contributed by atoms with Gasteiger partial charge in [-0.05, 0) is 12.1 Å². The highest BCUT2D eigenvalue weighted by Crippen LogP contribution is 2.28. The molecule has 0 spiro atoms. The van der Waals surface area contributed by atoms with Gasteiger partial charge in [-0.15, -0.1) is 11.3 Å². The lowest BCUT2D eigenvalue weighted by atomic mass is 10.1. The molecule has 0 aliphatic carbocycles. The van der Waals surface area contributed by atoms with Gasteiger partial charge in [0.05, 0.1) is 32.5 Å². The maximum atomic E-state index is 13.9. The normalized spacial score (nSPS) is 15.5. The quantitative estimate of drug-likeness (QED) is 0.426. The summed E-state index contributed by atoms with van der Waals surface area (Å²) >= 11 is 13.1. The van der Waals surface area contributed by atoms with Gasteiger partial charge in [0.2, 0.25) is 0 Å². The van der Waals surface area contributed by atoms with E-state index in [1.54, 1.807) is 23.7 Å². The molecule has 1 aliphatic heterocycles. The number of carbonyl (C=O) groups is 1. The molecule has 3 rings (SSSR count). The number of amidine groups is 1. The molecule has 5 nitrogen and oxygen atoms in total. The molecule has 0 atom stereocenters. The Bertz CT molecular complexity index is 885. The number of aliphatic imine (C=N–C) groups is 1. The zero-order valence-corrected chi connectivity index (χ0v) is 16.2. The molecule has 2 aromatic rings. The Morgan fingerprint density at radius 3 is 2.77 bits per heavy atom. The smallest absolute Gasteiger partial charge is 0.255 e. The standard InChI is InChI=1S/C17H15Cl2FN4OS/c1-10-8-23(17(25)11-3-4-12(18)15(20)14(11)19)5-6-24(10)16(21-2)13-7-22-9-26-13/h3-4,7,9H,1,5-6,8H2,2H3. The average molecular weight is 413 g/mol. The number of nitrogens with zero attached hydrogens (tertiary/aromatic N) is 4.